The van der Waals surface area contributed by atoms with Crippen molar-refractivity contribution in [2.45, 2.75) is 32.4 Å². The van der Waals surface area contributed by atoms with Crippen LogP contribution in [0.5, 0.6) is 6.01 Å². The summed E-state index contributed by atoms with van der Waals surface area (Å²) < 4.78 is 10.6. The maximum absolute atomic E-state index is 12.3. The number of carbonyl (C=O) groups excluding carboxylic acids is 1. The van der Waals surface area contributed by atoms with E-state index < -0.39 is 0 Å². The van der Waals surface area contributed by atoms with Gasteiger partial charge in [-0.3, -0.25) is 9.69 Å². The monoisotopic (exact) mass is 426 g/mol. The summed E-state index contributed by atoms with van der Waals surface area (Å²) >= 11 is 0. The number of methoxy groups -OCH3 is 1. The zero-order chi connectivity index (χ0) is 21.6. The number of piperidine rings is 1. The van der Waals surface area contributed by atoms with Crippen LogP contribution in [0.15, 0.2) is 24.3 Å². The zero-order valence-electron chi connectivity index (χ0n) is 18.0. The number of anilines is 3. The summed E-state index contributed by atoms with van der Waals surface area (Å²) in [5.41, 5.74) is 8.92. The quantitative estimate of drug-likeness (QED) is 0.618. The fourth-order valence-electron chi connectivity index (χ4n) is 4.06. The van der Waals surface area contributed by atoms with Crippen LogP contribution in [0.3, 0.4) is 0 Å². The average molecular weight is 427 g/mol. The van der Waals surface area contributed by atoms with Gasteiger partial charge in [0.15, 0.2) is 11.6 Å². The Kier molecular flexibility index (Phi) is 6.83. The number of nitrogen functional groups attached to an aromatic ring is 1. The van der Waals surface area contributed by atoms with Gasteiger partial charge in [0, 0.05) is 20.2 Å². The third kappa shape index (κ3) is 5.42. The number of likely N-dealkylation sites (tertiary alicyclic amines) is 1. The second kappa shape index (κ2) is 9.93. The van der Waals surface area contributed by atoms with Crippen LogP contribution in [0, 0.1) is 0 Å². The largest absolute Gasteiger partial charge is 0.461 e. The van der Waals surface area contributed by atoms with E-state index in [4.69, 9.17) is 15.2 Å². The average Bonchev–Trinajstić information content (AvgIpc) is 2.76. The zero-order valence-corrected chi connectivity index (χ0v) is 18.0. The highest BCUT2D eigenvalue weighted by molar-refractivity contribution is 6.03. The number of amides is 1. The summed E-state index contributed by atoms with van der Waals surface area (Å²) in [5, 5.41) is 2.79. The number of hydrogen-bond acceptors (Lipinski definition) is 8. The maximum atomic E-state index is 12.3. The second-order valence-electron chi connectivity index (χ2n) is 7.99. The Hall–Kier alpha value is -2.91. The molecule has 1 aromatic carbocycles. The molecule has 1 aromatic heterocycles. The first kappa shape index (κ1) is 21.3. The number of aromatic nitrogens is 2. The van der Waals surface area contributed by atoms with E-state index in [1.807, 2.05) is 4.90 Å². The Morgan fingerprint density at radius 1 is 1.10 bits per heavy atom. The van der Waals surface area contributed by atoms with Gasteiger partial charge in [0.1, 0.15) is 12.3 Å². The molecule has 0 atom stereocenters. The van der Waals surface area contributed by atoms with Crippen molar-refractivity contribution in [3.63, 3.8) is 0 Å². The van der Waals surface area contributed by atoms with E-state index in [2.05, 4.69) is 44.5 Å². The fraction of sp³-hybridized carbons (Fsp3) is 0.500. The molecule has 0 radical (unpaired) electrons. The smallest absolute Gasteiger partial charge is 0.320 e. The molecule has 3 heterocycles. The Bertz CT molecular complexity index is 916. The summed E-state index contributed by atoms with van der Waals surface area (Å²) in [6.45, 7) is 4.75. The van der Waals surface area contributed by atoms with E-state index in [1.54, 1.807) is 7.11 Å². The van der Waals surface area contributed by atoms with Gasteiger partial charge in [-0.25, -0.2) is 0 Å². The summed E-state index contributed by atoms with van der Waals surface area (Å²) in [6.07, 6.45) is 3.87. The molecule has 0 spiro atoms. The van der Waals surface area contributed by atoms with Gasteiger partial charge >= 0.3 is 6.01 Å². The molecule has 1 fully saturated rings. The molecule has 0 bridgehead atoms. The molecule has 9 nitrogen and oxygen atoms in total. The van der Waals surface area contributed by atoms with E-state index in [-0.39, 0.29) is 24.3 Å². The molecule has 3 N–H and O–H groups in total. The number of nitrogens with zero attached hydrogens (tertiary/aromatic N) is 4. The molecular weight excluding hydrogens is 396 g/mol. The number of fused-ring (bicyclic) bond motifs is 1. The Balaban J connectivity index is 1.52. The standard InChI is InChI=1S/C22H30N6O3/c1-30-10-11-31-22-25-20(23)19-21(26-22)28(15-18(29)24-19)14-17-7-5-6-16(12-17)13-27-8-3-2-4-9-27/h5-7,12H,2-4,8-11,13-15H2,1H3,(H,24,29)(H2,23,25,26). The number of benzene rings is 1. The highest BCUT2D eigenvalue weighted by Crippen LogP contribution is 2.34. The van der Waals surface area contributed by atoms with Crippen LogP contribution < -0.4 is 20.7 Å². The topological polar surface area (TPSA) is 106 Å². The number of rotatable bonds is 8. The molecule has 2 aromatic rings. The number of ether oxygens (including phenoxy) is 2. The van der Waals surface area contributed by atoms with Crippen LogP contribution >= 0.6 is 0 Å². The van der Waals surface area contributed by atoms with E-state index in [0.29, 0.717) is 31.3 Å². The predicted octanol–water partition coefficient (Wildman–Crippen LogP) is 2.03. The molecule has 0 aliphatic carbocycles. The van der Waals surface area contributed by atoms with E-state index in [1.165, 1.54) is 24.8 Å². The van der Waals surface area contributed by atoms with E-state index in [0.717, 1.165) is 25.2 Å². The minimum absolute atomic E-state index is 0.139. The normalized spacial score (nSPS) is 16.7. The van der Waals surface area contributed by atoms with Crippen LogP contribution in [0.1, 0.15) is 30.4 Å². The first-order valence-corrected chi connectivity index (χ1v) is 10.8. The van der Waals surface area contributed by atoms with Gasteiger partial charge in [0.25, 0.3) is 0 Å². The van der Waals surface area contributed by atoms with Gasteiger partial charge in [-0.05, 0) is 37.1 Å². The molecule has 1 saturated heterocycles. The molecule has 31 heavy (non-hydrogen) atoms. The lowest BCUT2D eigenvalue weighted by atomic mass is 10.1. The SMILES string of the molecule is COCCOc1nc(N)c2c(n1)N(Cc1cccc(CN3CCCCC3)c1)CC(=O)N2. The van der Waals surface area contributed by atoms with Crippen LogP contribution in [-0.2, 0) is 22.6 Å². The lowest BCUT2D eigenvalue weighted by Gasteiger charge is -2.30. The van der Waals surface area contributed by atoms with Gasteiger partial charge in [0.2, 0.25) is 5.91 Å². The summed E-state index contributed by atoms with van der Waals surface area (Å²) in [7, 11) is 1.60. The Labute approximate surface area is 182 Å². The Morgan fingerprint density at radius 3 is 2.65 bits per heavy atom. The highest BCUT2D eigenvalue weighted by atomic mass is 16.5. The molecule has 0 saturated carbocycles. The van der Waals surface area contributed by atoms with Crippen molar-refractivity contribution in [2.24, 2.45) is 0 Å². The molecule has 2 aliphatic rings. The molecule has 4 rings (SSSR count). The lowest BCUT2D eigenvalue weighted by molar-refractivity contribution is -0.115. The molecule has 9 heteroatoms. The van der Waals surface area contributed by atoms with Crippen molar-refractivity contribution in [3.05, 3.63) is 35.4 Å². The van der Waals surface area contributed by atoms with E-state index >= 15 is 0 Å². The number of carbonyl (C=O) groups is 1. The first-order chi connectivity index (χ1) is 15.1. The van der Waals surface area contributed by atoms with Gasteiger partial charge < -0.3 is 25.4 Å². The van der Waals surface area contributed by atoms with Gasteiger partial charge in [-0.15, -0.1) is 0 Å². The van der Waals surface area contributed by atoms with Crippen molar-refractivity contribution >= 4 is 23.2 Å². The summed E-state index contributed by atoms with van der Waals surface area (Å²) in [4.78, 5) is 25.4. The van der Waals surface area contributed by atoms with Crippen LogP contribution in [0.2, 0.25) is 0 Å². The summed E-state index contributed by atoms with van der Waals surface area (Å²) in [6, 6.07) is 8.70. The van der Waals surface area contributed by atoms with Crippen molar-refractivity contribution in [1.82, 2.24) is 14.9 Å². The maximum Gasteiger partial charge on any atom is 0.320 e. The molecule has 166 valence electrons. The fourth-order valence-corrected chi connectivity index (χ4v) is 4.06. The molecular formula is C22H30N6O3. The molecule has 1 amide bonds. The van der Waals surface area contributed by atoms with Crippen molar-refractivity contribution in [2.75, 3.05) is 55.9 Å². The van der Waals surface area contributed by atoms with E-state index in [9.17, 15) is 4.79 Å². The van der Waals surface area contributed by atoms with Gasteiger partial charge in [-0.1, -0.05) is 30.7 Å². The second-order valence-corrected chi connectivity index (χ2v) is 7.99. The first-order valence-electron chi connectivity index (χ1n) is 10.8. The lowest BCUT2D eigenvalue weighted by Crippen LogP contribution is -2.39. The van der Waals surface area contributed by atoms with Crippen LogP contribution in [-0.4, -0.2) is 60.7 Å². The predicted molar refractivity (Wildman–Crippen MR) is 119 cm³/mol. The Morgan fingerprint density at radius 2 is 1.87 bits per heavy atom. The van der Waals surface area contributed by atoms with Gasteiger partial charge in [0.05, 0.1) is 13.2 Å². The third-order valence-corrected chi connectivity index (χ3v) is 5.53. The van der Waals surface area contributed by atoms with Crippen molar-refractivity contribution in [1.29, 1.82) is 0 Å². The van der Waals surface area contributed by atoms with Crippen LogP contribution in [0.4, 0.5) is 17.3 Å². The number of hydrogen-bond donors (Lipinski definition) is 2. The van der Waals surface area contributed by atoms with Crippen LogP contribution in [0.25, 0.3) is 0 Å². The number of nitrogens with one attached hydrogen (secondary N) is 1. The molecule has 2 aliphatic heterocycles. The van der Waals surface area contributed by atoms with Crippen molar-refractivity contribution in [3.8, 4) is 6.01 Å². The minimum atomic E-state index is -0.139. The minimum Gasteiger partial charge on any atom is -0.461 e. The highest BCUT2D eigenvalue weighted by Gasteiger charge is 2.27. The molecule has 0 unspecified atom stereocenters. The van der Waals surface area contributed by atoms with Crippen molar-refractivity contribution < 1.29 is 14.3 Å². The van der Waals surface area contributed by atoms with Gasteiger partial charge in [-0.2, -0.15) is 9.97 Å². The summed E-state index contributed by atoms with van der Waals surface area (Å²) in [5.74, 6) is 0.621. The number of nitrogens with two attached hydrogens (primary N) is 1. The third-order valence-electron chi connectivity index (χ3n) is 5.53.